The van der Waals surface area contributed by atoms with Crippen LogP contribution in [-0.2, 0) is 6.54 Å². The zero-order valence-electron chi connectivity index (χ0n) is 11.3. The summed E-state index contributed by atoms with van der Waals surface area (Å²) >= 11 is 0. The molecule has 0 aliphatic heterocycles. The molecule has 2 aromatic rings. The van der Waals surface area contributed by atoms with E-state index in [1.165, 1.54) is 18.0 Å². The van der Waals surface area contributed by atoms with Gasteiger partial charge in [0.15, 0.2) is 0 Å². The number of carbonyl (C=O) groups is 1. The molecular weight excluding hydrogens is 258 g/mol. The first-order valence-electron chi connectivity index (χ1n) is 6.22. The van der Waals surface area contributed by atoms with E-state index in [0.717, 1.165) is 4.57 Å². The maximum atomic E-state index is 12.2. The summed E-state index contributed by atoms with van der Waals surface area (Å²) in [6.07, 6.45) is 0. The maximum absolute atomic E-state index is 12.2. The fourth-order valence-electron chi connectivity index (χ4n) is 1.87. The number of aromatic amines is 1. The quantitative estimate of drug-likeness (QED) is 0.900. The van der Waals surface area contributed by atoms with E-state index in [1.54, 1.807) is 37.3 Å². The van der Waals surface area contributed by atoms with Crippen molar-refractivity contribution in [3.8, 4) is 0 Å². The van der Waals surface area contributed by atoms with Gasteiger partial charge in [0.25, 0.3) is 11.5 Å². The molecule has 1 N–H and O–H groups in total. The normalized spacial score (nSPS) is 10.3. The van der Waals surface area contributed by atoms with Crippen LogP contribution in [0.15, 0.2) is 46.0 Å². The van der Waals surface area contributed by atoms with E-state index in [4.69, 9.17) is 0 Å². The van der Waals surface area contributed by atoms with E-state index < -0.39 is 11.2 Å². The van der Waals surface area contributed by atoms with Gasteiger partial charge in [0, 0.05) is 25.2 Å². The van der Waals surface area contributed by atoms with Crippen molar-refractivity contribution in [2.45, 2.75) is 13.5 Å². The average Bonchev–Trinajstić information content (AvgIpc) is 2.46. The molecule has 0 unspecified atom stereocenters. The standard InChI is InChI=1S/C14H15N3O3/c1-3-17-12(18)9-11(15-14(17)20)16(2)13(19)10-7-5-4-6-8-10/h4-9H,3H2,1-2H3,(H,15,20). The lowest BCUT2D eigenvalue weighted by Crippen LogP contribution is -2.37. The fourth-order valence-corrected chi connectivity index (χ4v) is 1.87. The van der Waals surface area contributed by atoms with Crippen LogP contribution in [0.3, 0.4) is 0 Å². The average molecular weight is 273 g/mol. The molecule has 2 rings (SSSR count). The number of hydrogen-bond acceptors (Lipinski definition) is 3. The Hall–Kier alpha value is -2.63. The minimum absolute atomic E-state index is 0.179. The van der Waals surface area contributed by atoms with E-state index >= 15 is 0 Å². The van der Waals surface area contributed by atoms with Crippen molar-refractivity contribution in [2.24, 2.45) is 0 Å². The summed E-state index contributed by atoms with van der Waals surface area (Å²) in [7, 11) is 1.51. The van der Waals surface area contributed by atoms with Gasteiger partial charge >= 0.3 is 5.69 Å². The number of carbonyl (C=O) groups excluding carboxylic acids is 1. The molecular formula is C14H15N3O3. The summed E-state index contributed by atoms with van der Waals surface area (Å²) in [4.78, 5) is 39.5. The van der Waals surface area contributed by atoms with Gasteiger partial charge in [-0.25, -0.2) is 4.79 Å². The molecule has 0 aliphatic carbocycles. The van der Waals surface area contributed by atoms with Gasteiger partial charge in [-0.2, -0.15) is 0 Å². The highest BCUT2D eigenvalue weighted by Gasteiger charge is 2.15. The Balaban J connectivity index is 2.40. The van der Waals surface area contributed by atoms with Gasteiger partial charge in [0.2, 0.25) is 0 Å². The van der Waals surface area contributed by atoms with Crippen molar-refractivity contribution in [1.29, 1.82) is 0 Å². The molecule has 6 heteroatoms. The molecule has 1 aromatic heterocycles. The molecule has 0 atom stereocenters. The first-order chi connectivity index (χ1) is 9.54. The molecule has 20 heavy (non-hydrogen) atoms. The first-order valence-corrected chi connectivity index (χ1v) is 6.22. The molecule has 0 saturated heterocycles. The number of amides is 1. The Kier molecular flexibility index (Phi) is 3.84. The third kappa shape index (κ3) is 2.54. The second-order valence-corrected chi connectivity index (χ2v) is 4.27. The molecule has 0 aliphatic rings. The van der Waals surface area contributed by atoms with Gasteiger partial charge in [0.1, 0.15) is 5.82 Å². The topological polar surface area (TPSA) is 75.2 Å². The van der Waals surface area contributed by atoms with E-state index in [-0.39, 0.29) is 18.3 Å². The Labute approximate surface area is 115 Å². The Morgan fingerprint density at radius 3 is 2.45 bits per heavy atom. The Morgan fingerprint density at radius 2 is 1.90 bits per heavy atom. The first kappa shape index (κ1) is 13.8. The summed E-state index contributed by atoms with van der Waals surface area (Å²) in [5, 5.41) is 0. The van der Waals surface area contributed by atoms with Gasteiger partial charge in [-0.1, -0.05) is 18.2 Å². The number of hydrogen-bond donors (Lipinski definition) is 1. The summed E-state index contributed by atoms with van der Waals surface area (Å²) in [6.45, 7) is 1.99. The van der Waals surface area contributed by atoms with Gasteiger partial charge in [-0.05, 0) is 19.1 Å². The van der Waals surface area contributed by atoms with Gasteiger partial charge in [-0.3, -0.25) is 24.0 Å². The van der Waals surface area contributed by atoms with Crippen LogP contribution >= 0.6 is 0 Å². The Morgan fingerprint density at radius 1 is 1.25 bits per heavy atom. The third-order valence-corrected chi connectivity index (χ3v) is 3.01. The van der Waals surface area contributed by atoms with E-state index in [9.17, 15) is 14.4 Å². The molecule has 0 bridgehead atoms. The number of anilines is 1. The summed E-state index contributed by atoms with van der Waals surface area (Å²) < 4.78 is 1.06. The zero-order valence-corrected chi connectivity index (χ0v) is 11.3. The number of H-pyrrole nitrogens is 1. The van der Waals surface area contributed by atoms with E-state index in [0.29, 0.717) is 5.56 Å². The van der Waals surface area contributed by atoms with E-state index in [1.807, 2.05) is 0 Å². The molecule has 1 heterocycles. The highest BCUT2D eigenvalue weighted by atomic mass is 16.2. The molecule has 0 fully saturated rings. The van der Waals surface area contributed by atoms with Crippen molar-refractivity contribution in [3.05, 3.63) is 62.8 Å². The molecule has 1 amide bonds. The van der Waals surface area contributed by atoms with Crippen molar-refractivity contribution in [3.63, 3.8) is 0 Å². The second kappa shape index (κ2) is 5.56. The molecule has 6 nitrogen and oxygen atoms in total. The number of nitrogens with one attached hydrogen (secondary N) is 1. The third-order valence-electron chi connectivity index (χ3n) is 3.01. The summed E-state index contributed by atoms with van der Waals surface area (Å²) in [5.74, 6) is -0.117. The number of rotatable bonds is 3. The van der Waals surface area contributed by atoms with Crippen LogP contribution < -0.4 is 16.1 Å². The van der Waals surface area contributed by atoms with Crippen LogP contribution in [0, 0.1) is 0 Å². The van der Waals surface area contributed by atoms with Crippen LogP contribution in [0.5, 0.6) is 0 Å². The van der Waals surface area contributed by atoms with Gasteiger partial charge in [-0.15, -0.1) is 0 Å². The van der Waals surface area contributed by atoms with Gasteiger partial charge < -0.3 is 0 Å². The lowest BCUT2D eigenvalue weighted by atomic mass is 10.2. The fraction of sp³-hybridized carbons (Fsp3) is 0.214. The minimum Gasteiger partial charge on any atom is -0.297 e. The highest BCUT2D eigenvalue weighted by molar-refractivity contribution is 6.05. The van der Waals surface area contributed by atoms with Crippen molar-refractivity contribution in [1.82, 2.24) is 9.55 Å². The Bertz CT molecular complexity index is 700. The number of aromatic nitrogens is 2. The predicted octanol–water partition coefficient (Wildman–Crippen LogP) is 0.833. The maximum Gasteiger partial charge on any atom is 0.329 e. The summed E-state index contributed by atoms with van der Waals surface area (Å²) in [6, 6.07) is 9.89. The van der Waals surface area contributed by atoms with Crippen molar-refractivity contribution < 1.29 is 4.79 Å². The SMILES string of the molecule is CCn1c(=O)cc(N(C)C(=O)c2ccccc2)[nH]c1=O. The lowest BCUT2D eigenvalue weighted by molar-refractivity contribution is 0.0992. The molecule has 1 aromatic carbocycles. The van der Waals surface area contributed by atoms with Gasteiger partial charge in [0.05, 0.1) is 0 Å². The van der Waals surface area contributed by atoms with Crippen LogP contribution in [0.2, 0.25) is 0 Å². The molecule has 0 saturated carbocycles. The van der Waals surface area contributed by atoms with Crippen LogP contribution in [0.4, 0.5) is 5.82 Å². The summed E-state index contributed by atoms with van der Waals surface area (Å²) in [5.41, 5.74) is -0.475. The number of nitrogens with zero attached hydrogens (tertiary/aromatic N) is 2. The zero-order chi connectivity index (χ0) is 14.7. The van der Waals surface area contributed by atoms with Crippen LogP contribution in [0.25, 0.3) is 0 Å². The monoisotopic (exact) mass is 273 g/mol. The predicted molar refractivity (Wildman–Crippen MR) is 76.2 cm³/mol. The number of benzene rings is 1. The van der Waals surface area contributed by atoms with Crippen LogP contribution in [-0.4, -0.2) is 22.5 Å². The minimum atomic E-state index is -0.525. The smallest absolute Gasteiger partial charge is 0.297 e. The largest absolute Gasteiger partial charge is 0.329 e. The molecule has 104 valence electrons. The molecule has 0 radical (unpaired) electrons. The van der Waals surface area contributed by atoms with Crippen molar-refractivity contribution >= 4 is 11.7 Å². The molecule has 0 spiro atoms. The van der Waals surface area contributed by atoms with Crippen molar-refractivity contribution in [2.75, 3.05) is 11.9 Å². The van der Waals surface area contributed by atoms with Crippen LogP contribution in [0.1, 0.15) is 17.3 Å². The lowest BCUT2D eigenvalue weighted by Gasteiger charge is -2.17. The van der Waals surface area contributed by atoms with E-state index in [2.05, 4.69) is 4.98 Å². The highest BCUT2D eigenvalue weighted by Crippen LogP contribution is 2.09. The second-order valence-electron chi connectivity index (χ2n) is 4.27.